The van der Waals surface area contributed by atoms with Crippen molar-refractivity contribution < 1.29 is 4.42 Å². The molecular formula is C62H39NOS. The average molecular weight is 846 g/mol. The molecule has 0 aliphatic rings. The summed E-state index contributed by atoms with van der Waals surface area (Å²) in [5.74, 6) is 0. The normalized spacial score (nSPS) is 11.7. The molecule has 13 rings (SSSR count). The molecule has 0 aliphatic carbocycles. The van der Waals surface area contributed by atoms with Crippen LogP contribution < -0.4 is 4.90 Å². The molecule has 0 saturated carbocycles. The third kappa shape index (κ3) is 6.31. The summed E-state index contributed by atoms with van der Waals surface area (Å²) in [5, 5.41) is 9.71. The van der Waals surface area contributed by atoms with Crippen LogP contribution in [0.15, 0.2) is 241 Å². The summed E-state index contributed by atoms with van der Waals surface area (Å²) in [7, 11) is 0. The lowest BCUT2D eigenvalue weighted by Gasteiger charge is -2.27. The minimum absolute atomic E-state index is 0.860. The minimum Gasteiger partial charge on any atom is -0.455 e. The smallest absolute Gasteiger partial charge is 0.145 e. The summed E-state index contributed by atoms with van der Waals surface area (Å²) in [4.78, 5) is 2.46. The van der Waals surface area contributed by atoms with E-state index in [1.54, 1.807) is 0 Å². The van der Waals surface area contributed by atoms with Crippen molar-refractivity contribution in [1.29, 1.82) is 0 Å². The second-order valence-electron chi connectivity index (χ2n) is 16.8. The van der Waals surface area contributed by atoms with Crippen molar-refractivity contribution >= 4 is 92.1 Å². The maximum absolute atomic E-state index is 7.07. The van der Waals surface area contributed by atoms with Gasteiger partial charge in [-0.15, -0.1) is 11.3 Å². The summed E-state index contributed by atoms with van der Waals surface area (Å²) in [5.41, 5.74) is 14.3. The van der Waals surface area contributed by atoms with Gasteiger partial charge in [0.05, 0.1) is 21.5 Å². The van der Waals surface area contributed by atoms with Gasteiger partial charge in [0.1, 0.15) is 11.2 Å². The van der Waals surface area contributed by atoms with Crippen molar-refractivity contribution in [2.75, 3.05) is 4.90 Å². The van der Waals surface area contributed by atoms with Gasteiger partial charge in [-0.05, 0) is 115 Å². The van der Waals surface area contributed by atoms with Gasteiger partial charge in [-0.3, -0.25) is 0 Å². The largest absolute Gasteiger partial charge is 0.455 e. The van der Waals surface area contributed by atoms with Crippen LogP contribution in [-0.2, 0) is 0 Å². The Morgan fingerprint density at radius 1 is 0.338 bits per heavy atom. The lowest BCUT2D eigenvalue weighted by molar-refractivity contribution is 0.670. The average Bonchev–Trinajstić information content (AvgIpc) is 3.96. The monoisotopic (exact) mass is 845 g/mol. The highest BCUT2D eigenvalue weighted by atomic mass is 32.1. The van der Waals surface area contributed by atoms with E-state index in [2.05, 4.69) is 241 Å². The molecule has 3 heteroatoms. The standard InChI is InChI=1S/C62H39NOS/c1-4-13-40(14-5-1)46-29-34-55-58(38-46)64-61-52(43-17-8-3-9-18-43)35-36-56(60(55)61)63(57-22-12-21-54-53-33-28-47(39-59(53)65-62(54)57)41-15-6-2-7-16-41)49-30-25-42(26-31-49)45-27-32-51-48(37-45)24-23-44-19-10-11-20-50(44)51/h1-39H. The number of nitrogens with zero attached hydrogens (tertiary/aromatic N) is 1. The van der Waals surface area contributed by atoms with Crippen LogP contribution in [0.5, 0.6) is 0 Å². The van der Waals surface area contributed by atoms with Crippen molar-refractivity contribution in [2.24, 2.45) is 0 Å². The molecular weight excluding hydrogens is 807 g/mol. The van der Waals surface area contributed by atoms with Crippen LogP contribution >= 0.6 is 11.3 Å². The van der Waals surface area contributed by atoms with E-state index in [1.807, 2.05) is 11.3 Å². The predicted molar refractivity (Wildman–Crippen MR) is 278 cm³/mol. The lowest BCUT2D eigenvalue weighted by Crippen LogP contribution is -2.10. The van der Waals surface area contributed by atoms with Crippen LogP contribution in [0.2, 0.25) is 0 Å². The molecule has 0 fully saturated rings. The summed E-state index contributed by atoms with van der Waals surface area (Å²) >= 11 is 1.86. The molecule has 0 radical (unpaired) electrons. The number of rotatable bonds is 7. The van der Waals surface area contributed by atoms with Gasteiger partial charge in [0.2, 0.25) is 0 Å². The Morgan fingerprint density at radius 2 is 0.908 bits per heavy atom. The molecule has 11 aromatic carbocycles. The first kappa shape index (κ1) is 37.3. The summed E-state index contributed by atoms with van der Waals surface area (Å²) < 4.78 is 9.57. The number of hydrogen-bond acceptors (Lipinski definition) is 3. The van der Waals surface area contributed by atoms with E-state index in [0.717, 1.165) is 61.3 Å². The SMILES string of the molecule is c1ccc(-c2ccc3c(c2)oc2c(-c4ccccc4)ccc(N(c4ccc(-c5ccc6c(ccc7ccccc76)c5)cc4)c4cccc5c4sc4cc(-c6ccccc6)ccc45)c23)cc1. The van der Waals surface area contributed by atoms with E-state index in [1.165, 1.54) is 64.0 Å². The van der Waals surface area contributed by atoms with Crippen molar-refractivity contribution in [3.8, 4) is 44.5 Å². The van der Waals surface area contributed by atoms with Crippen LogP contribution in [0.3, 0.4) is 0 Å². The molecule has 2 aromatic heterocycles. The Morgan fingerprint density at radius 3 is 1.66 bits per heavy atom. The third-order valence-electron chi connectivity index (χ3n) is 13.1. The van der Waals surface area contributed by atoms with Gasteiger partial charge >= 0.3 is 0 Å². The van der Waals surface area contributed by atoms with Gasteiger partial charge in [-0.1, -0.05) is 182 Å². The zero-order valence-electron chi connectivity index (χ0n) is 35.3. The van der Waals surface area contributed by atoms with Gasteiger partial charge in [0.25, 0.3) is 0 Å². The number of fused-ring (bicyclic) bond motifs is 9. The highest BCUT2D eigenvalue weighted by Crippen LogP contribution is 2.50. The molecule has 0 aliphatic heterocycles. The minimum atomic E-state index is 0.860. The molecule has 0 saturated heterocycles. The van der Waals surface area contributed by atoms with Gasteiger partial charge in [0.15, 0.2) is 0 Å². The van der Waals surface area contributed by atoms with Gasteiger partial charge < -0.3 is 9.32 Å². The van der Waals surface area contributed by atoms with Crippen LogP contribution in [-0.4, -0.2) is 0 Å². The molecule has 65 heavy (non-hydrogen) atoms. The Balaban J connectivity index is 1.03. The molecule has 0 unspecified atom stereocenters. The van der Waals surface area contributed by atoms with E-state index < -0.39 is 0 Å². The zero-order chi connectivity index (χ0) is 42.8. The first-order chi connectivity index (χ1) is 32.2. The maximum atomic E-state index is 7.07. The topological polar surface area (TPSA) is 16.4 Å². The third-order valence-corrected chi connectivity index (χ3v) is 14.3. The Bertz CT molecular complexity index is 3920. The Labute approximate surface area is 380 Å². The number of benzene rings is 11. The molecule has 0 atom stereocenters. The fourth-order valence-electron chi connectivity index (χ4n) is 9.88. The quantitative estimate of drug-likeness (QED) is 0.149. The first-order valence-electron chi connectivity index (χ1n) is 22.1. The van der Waals surface area contributed by atoms with Gasteiger partial charge in [-0.2, -0.15) is 0 Å². The molecule has 2 heterocycles. The summed E-state index contributed by atoms with van der Waals surface area (Å²) in [6.45, 7) is 0. The van der Waals surface area contributed by atoms with E-state index in [9.17, 15) is 0 Å². The van der Waals surface area contributed by atoms with Crippen LogP contribution in [0.4, 0.5) is 17.1 Å². The fraction of sp³-hybridized carbons (Fsp3) is 0. The Kier molecular flexibility index (Phi) is 8.75. The molecule has 2 nitrogen and oxygen atoms in total. The van der Waals surface area contributed by atoms with Crippen LogP contribution in [0.1, 0.15) is 0 Å². The highest BCUT2D eigenvalue weighted by Gasteiger charge is 2.25. The van der Waals surface area contributed by atoms with E-state index in [0.29, 0.717) is 0 Å². The summed E-state index contributed by atoms with van der Waals surface area (Å²) in [6, 6.07) is 85.8. The molecule has 13 aromatic rings. The van der Waals surface area contributed by atoms with Crippen LogP contribution in [0, 0.1) is 0 Å². The number of furan rings is 1. The highest BCUT2D eigenvalue weighted by molar-refractivity contribution is 7.26. The van der Waals surface area contributed by atoms with Crippen molar-refractivity contribution in [1.82, 2.24) is 0 Å². The maximum Gasteiger partial charge on any atom is 0.145 e. The van der Waals surface area contributed by atoms with E-state index in [-0.39, 0.29) is 0 Å². The molecule has 0 N–H and O–H groups in total. The molecule has 0 spiro atoms. The summed E-state index contributed by atoms with van der Waals surface area (Å²) in [6.07, 6.45) is 0. The number of hydrogen-bond donors (Lipinski definition) is 0. The first-order valence-corrected chi connectivity index (χ1v) is 23.0. The second-order valence-corrected chi connectivity index (χ2v) is 17.9. The van der Waals surface area contributed by atoms with Crippen molar-refractivity contribution in [3.05, 3.63) is 237 Å². The fourth-order valence-corrected chi connectivity index (χ4v) is 11.1. The second kappa shape index (κ2) is 15.2. The number of anilines is 3. The zero-order valence-corrected chi connectivity index (χ0v) is 36.1. The molecule has 0 bridgehead atoms. The number of thiophene rings is 1. The van der Waals surface area contributed by atoms with Crippen LogP contribution in [0.25, 0.3) is 108 Å². The van der Waals surface area contributed by atoms with Crippen molar-refractivity contribution in [2.45, 2.75) is 0 Å². The van der Waals surface area contributed by atoms with Gasteiger partial charge in [0, 0.05) is 32.1 Å². The lowest BCUT2D eigenvalue weighted by atomic mass is 9.97. The molecule has 304 valence electrons. The van der Waals surface area contributed by atoms with Gasteiger partial charge in [-0.25, -0.2) is 0 Å². The van der Waals surface area contributed by atoms with Crippen molar-refractivity contribution in [3.63, 3.8) is 0 Å². The Hall–Kier alpha value is -8.24. The molecule has 0 amide bonds. The van der Waals surface area contributed by atoms with E-state index >= 15 is 0 Å². The van der Waals surface area contributed by atoms with E-state index in [4.69, 9.17) is 4.42 Å². The predicted octanol–water partition coefficient (Wildman–Crippen LogP) is 18.4.